The van der Waals surface area contributed by atoms with E-state index in [1.165, 1.54) is 0 Å². The summed E-state index contributed by atoms with van der Waals surface area (Å²) < 4.78 is 9.69. The Bertz CT molecular complexity index is 1510. The highest BCUT2D eigenvalue weighted by Gasteiger charge is 2.27. The lowest BCUT2D eigenvalue weighted by Gasteiger charge is -2.14. The molecule has 16 nitrogen and oxygen atoms in total. The van der Waals surface area contributed by atoms with Crippen LogP contribution in [-0.4, -0.2) is 76.3 Å². The van der Waals surface area contributed by atoms with Crippen LogP contribution in [0.4, 0.5) is 0 Å². The number of carbonyl (C=O) groups is 4. The van der Waals surface area contributed by atoms with E-state index in [0.29, 0.717) is 30.3 Å². The number of phenols is 8. The molecule has 0 radical (unpaired) electrons. The molecule has 1 amide bonds. The molecule has 10 N–H and O–H groups in total. The molecule has 0 bridgehead atoms. The van der Waals surface area contributed by atoms with Crippen LogP contribution in [0.2, 0.25) is 0 Å². The first-order chi connectivity index (χ1) is 18.2. The van der Waals surface area contributed by atoms with Gasteiger partial charge in [-0.1, -0.05) is 0 Å². The molecular weight excluding hydrogens is 530 g/mol. The van der Waals surface area contributed by atoms with Gasteiger partial charge in [-0.2, -0.15) is 0 Å². The lowest BCUT2D eigenvalue weighted by Crippen LogP contribution is -2.29. The van der Waals surface area contributed by atoms with Crippen LogP contribution >= 0.6 is 0 Å². The molecule has 0 aromatic heterocycles. The zero-order chi connectivity index (χ0) is 29.2. The van der Waals surface area contributed by atoms with Gasteiger partial charge in [0.25, 0.3) is 5.91 Å². The standard InChI is InChI=1S/C23H17NO15/c25-10-1-7(2-11(26)17(10)32)22(36)38-14-4-8(3-12(27)18(14)33)23(37)39-20-16(31)9(5-13(28)19(20)34)21(35)24-6-15(29)30/h1-5,25-28,31-34H,6H2,(H,24,35)(H,29,30). The molecule has 0 aliphatic rings. The summed E-state index contributed by atoms with van der Waals surface area (Å²) in [5.41, 5.74) is -2.00. The van der Waals surface area contributed by atoms with Crippen molar-refractivity contribution < 1.29 is 74.6 Å². The van der Waals surface area contributed by atoms with Crippen molar-refractivity contribution in [2.45, 2.75) is 0 Å². The van der Waals surface area contributed by atoms with Crippen molar-refractivity contribution in [3.05, 3.63) is 47.0 Å². The molecule has 3 rings (SSSR count). The maximum absolute atomic E-state index is 12.7. The van der Waals surface area contributed by atoms with Gasteiger partial charge in [-0.05, 0) is 24.3 Å². The number of carboxylic acid groups (broad SMARTS) is 1. The monoisotopic (exact) mass is 547 g/mol. The average molecular weight is 547 g/mol. The predicted molar refractivity (Wildman–Crippen MR) is 123 cm³/mol. The van der Waals surface area contributed by atoms with Gasteiger partial charge in [0.05, 0.1) is 16.7 Å². The van der Waals surface area contributed by atoms with Gasteiger partial charge in [0.1, 0.15) is 6.54 Å². The van der Waals surface area contributed by atoms with Crippen LogP contribution in [0.15, 0.2) is 30.3 Å². The van der Waals surface area contributed by atoms with Gasteiger partial charge in [0.15, 0.2) is 40.2 Å². The first-order valence-electron chi connectivity index (χ1n) is 10.2. The molecule has 0 spiro atoms. The molecule has 0 aliphatic carbocycles. The van der Waals surface area contributed by atoms with E-state index in [1.807, 2.05) is 5.32 Å². The van der Waals surface area contributed by atoms with Crippen molar-refractivity contribution >= 4 is 23.8 Å². The third kappa shape index (κ3) is 5.69. The SMILES string of the molecule is O=C(O)CNC(=O)c1cc(O)c(O)c(OC(=O)c2cc(O)c(O)c(OC(=O)c3cc(O)c(O)c(O)c3)c2)c1O. The Hall–Kier alpha value is -6.06. The van der Waals surface area contributed by atoms with Crippen molar-refractivity contribution in [2.75, 3.05) is 6.54 Å². The smallest absolute Gasteiger partial charge is 0.344 e. The number of phenolic OH excluding ortho intramolecular Hbond substituents is 8. The van der Waals surface area contributed by atoms with E-state index in [2.05, 4.69) is 0 Å². The van der Waals surface area contributed by atoms with E-state index in [0.717, 1.165) is 0 Å². The summed E-state index contributed by atoms with van der Waals surface area (Å²) in [5, 5.41) is 89.2. The molecule has 0 aliphatic heterocycles. The van der Waals surface area contributed by atoms with E-state index in [-0.39, 0.29) is 0 Å². The number of esters is 2. The number of hydrogen-bond donors (Lipinski definition) is 10. The van der Waals surface area contributed by atoms with Crippen molar-refractivity contribution in [1.29, 1.82) is 0 Å². The van der Waals surface area contributed by atoms with Crippen LogP contribution in [0.25, 0.3) is 0 Å². The molecule has 16 heteroatoms. The number of carbonyl (C=O) groups excluding carboxylic acids is 3. The summed E-state index contributed by atoms with van der Waals surface area (Å²) in [4.78, 5) is 47.8. The minimum Gasteiger partial charge on any atom is -0.504 e. The van der Waals surface area contributed by atoms with Gasteiger partial charge in [-0.25, -0.2) is 9.59 Å². The first kappa shape index (κ1) is 27.5. The summed E-state index contributed by atoms with van der Waals surface area (Å²) in [6.45, 7) is -0.882. The lowest BCUT2D eigenvalue weighted by atomic mass is 10.1. The molecule has 0 saturated heterocycles. The van der Waals surface area contributed by atoms with Crippen LogP contribution in [0.5, 0.6) is 57.5 Å². The number of rotatable bonds is 7. The third-order valence-corrected chi connectivity index (χ3v) is 4.85. The number of nitrogens with one attached hydrogen (secondary N) is 1. The summed E-state index contributed by atoms with van der Waals surface area (Å²) in [7, 11) is 0. The van der Waals surface area contributed by atoms with Crippen molar-refractivity contribution in [1.82, 2.24) is 5.32 Å². The van der Waals surface area contributed by atoms with Crippen molar-refractivity contribution in [3.63, 3.8) is 0 Å². The normalized spacial score (nSPS) is 10.5. The molecule has 0 unspecified atom stereocenters. The summed E-state index contributed by atoms with van der Waals surface area (Å²) in [6, 6.07) is 3.23. The Balaban J connectivity index is 1.93. The highest BCUT2D eigenvalue weighted by Crippen LogP contribution is 2.46. The number of aliphatic carboxylic acids is 1. The molecule has 0 atom stereocenters. The Labute approximate surface area is 215 Å². The molecule has 39 heavy (non-hydrogen) atoms. The van der Waals surface area contributed by atoms with Crippen LogP contribution < -0.4 is 14.8 Å². The van der Waals surface area contributed by atoms with E-state index in [9.17, 15) is 60.0 Å². The number of benzene rings is 3. The maximum atomic E-state index is 12.7. The van der Waals surface area contributed by atoms with E-state index in [4.69, 9.17) is 14.6 Å². The summed E-state index contributed by atoms with van der Waals surface area (Å²) in [6.07, 6.45) is 0. The Morgan fingerprint density at radius 2 is 1.10 bits per heavy atom. The molecular formula is C23H17NO15. The molecule has 0 fully saturated rings. The first-order valence-corrected chi connectivity index (χ1v) is 10.2. The van der Waals surface area contributed by atoms with E-state index < -0.39 is 105 Å². The predicted octanol–water partition coefficient (Wildman–Crippen LogP) is 0.584. The second kappa shape index (κ2) is 10.5. The highest BCUT2D eigenvalue weighted by atomic mass is 16.6. The Kier molecular flexibility index (Phi) is 7.42. The Morgan fingerprint density at radius 3 is 1.67 bits per heavy atom. The zero-order valence-electron chi connectivity index (χ0n) is 19.1. The average Bonchev–Trinajstić information content (AvgIpc) is 2.87. The molecule has 0 saturated carbocycles. The van der Waals surface area contributed by atoms with Crippen molar-refractivity contribution in [2.24, 2.45) is 0 Å². The fourth-order valence-corrected chi connectivity index (χ4v) is 2.97. The second-order valence-electron chi connectivity index (χ2n) is 7.53. The Morgan fingerprint density at radius 1 is 0.615 bits per heavy atom. The van der Waals surface area contributed by atoms with Crippen LogP contribution in [0.3, 0.4) is 0 Å². The van der Waals surface area contributed by atoms with Gasteiger partial charge in [0.2, 0.25) is 17.2 Å². The van der Waals surface area contributed by atoms with Crippen LogP contribution in [0.1, 0.15) is 31.1 Å². The van der Waals surface area contributed by atoms with Gasteiger partial charge in [-0.3, -0.25) is 9.59 Å². The minimum absolute atomic E-state index is 0.530. The van der Waals surface area contributed by atoms with Gasteiger partial charge in [0, 0.05) is 6.07 Å². The number of amides is 1. The van der Waals surface area contributed by atoms with Gasteiger partial charge in [-0.15, -0.1) is 0 Å². The second-order valence-corrected chi connectivity index (χ2v) is 7.53. The lowest BCUT2D eigenvalue weighted by molar-refractivity contribution is -0.135. The van der Waals surface area contributed by atoms with Crippen LogP contribution in [0, 0.1) is 0 Å². The largest absolute Gasteiger partial charge is 0.504 e. The molecule has 3 aromatic rings. The summed E-state index contributed by atoms with van der Waals surface area (Å²) in [5.74, 6) is -15.8. The van der Waals surface area contributed by atoms with E-state index in [1.54, 1.807) is 0 Å². The minimum atomic E-state index is -1.50. The topological polar surface area (TPSA) is 281 Å². The number of ether oxygens (including phenoxy) is 2. The number of hydrogen-bond acceptors (Lipinski definition) is 14. The van der Waals surface area contributed by atoms with Crippen molar-refractivity contribution in [3.8, 4) is 57.5 Å². The fraction of sp³-hybridized carbons (Fsp3) is 0.0435. The molecule has 204 valence electrons. The molecule has 0 heterocycles. The van der Waals surface area contributed by atoms with E-state index >= 15 is 0 Å². The third-order valence-electron chi connectivity index (χ3n) is 4.85. The fourth-order valence-electron chi connectivity index (χ4n) is 2.97. The molecule has 3 aromatic carbocycles. The van der Waals surface area contributed by atoms with Crippen LogP contribution in [-0.2, 0) is 4.79 Å². The summed E-state index contributed by atoms with van der Waals surface area (Å²) >= 11 is 0. The highest BCUT2D eigenvalue weighted by molar-refractivity contribution is 6.01. The number of carboxylic acids is 1. The quantitative estimate of drug-likeness (QED) is 0.0838. The maximum Gasteiger partial charge on any atom is 0.344 e. The number of aromatic hydroxyl groups is 8. The zero-order valence-corrected chi connectivity index (χ0v) is 19.1. The van der Waals surface area contributed by atoms with Gasteiger partial charge < -0.3 is 60.7 Å². The van der Waals surface area contributed by atoms with Gasteiger partial charge >= 0.3 is 17.9 Å².